The van der Waals surface area contributed by atoms with Gasteiger partial charge in [-0.2, -0.15) is 0 Å². The molecule has 0 aliphatic rings. The summed E-state index contributed by atoms with van der Waals surface area (Å²) in [6.07, 6.45) is 0.522. The van der Waals surface area contributed by atoms with Gasteiger partial charge in [0.2, 0.25) is 0 Å². The average molecular weight is 472 g/mol. The summed E-state index contributed by atoms with van der Waals surface area (Å²) in [4.78, 5) is 13.0. The highest BCUT2D eigenvalue weighted by molar-refractivity contribution is 7.99. The maximum atomic E-state index is 11.0. The maximum Gasteiger partial charge on any atom is 0.305 e. The van der Waals surface area contributed by atoms with Crippen molar-refractivity contribution in [3.8, 4) is 5.75 Å². The van der Waals surface area contributed by atoms with Crippen molar-refractivity contribution in [2.24, 2.45) is 5.73 Å². The van der Waals surface area contributed by atoms with E-state index >= 15 is 0 Å². The predicted octanol–water partition coefficient (Wildman–Crippen LogP) is 5.17. The van der Waals surface area contributed by atoms with Gasteiger partial charge in [0.15, 0.2) is 0 Å². The molecule has 0 aliphatic heterocycles. The van der Waals surface area contributed by atoms with Crippen LogP contribution in [0.4, 0.5) is 0 Å². The van der Waals surface area contributed by atoms with Gasteiger partial charge in [-0.3, -0.25) is 4.79 Å². The van der Waals surface area contributed by atoms with Crippen LogP contribution in [0.25, 0.3) is 0 Å². The van der Waals surface area contributed by atoms with Gasteiger partial charge in [-0.25, -0.2) is 0 Å². The first kappa shape index (κ1) is 24.1. The van der Waals surface area contributed by atoms with Crippen molar-refractivity contribution in [2.75, 3.05) is 6.61 Å². The summed E-state index contributed by atoms with van der Waals surface area (Å²) >= 11 is 8.03. The quantitative estimate of drug-likeness (QED) is 0.357. The van der Waals surface area contributed by atoms with Gasteiger partial charge in [0.25, 0.3) is 0 Å². The third-order valence-electron chi connectivity index (χ3n) is 5.04. The Balaban J connectivity index is 1.56. The molecule has 1 atom stereocenters. The third kappa shape index (κ3) is 7.28. The number of hydrogen-bond donors (Lipinski definition) is 3. The minimum atomic E-state index is -1.16. The predicted molar refractivity (Wildman–Crippen MR) is 127 cm³/mol. The minimum absolute atomic E-state index is 0.292. The molecule has 5 nitrogen and oxygen atoms in total. The van der Waals surface area contributed by atoms with Crippen LogP contribution in [-0.2, 0) is 17.8 Å². The van der Waals surface area contributed by atoms with Crippen LogP contribution in [0, 0.1) is 0 Å². The lowest BCUT2D eigenvalue weighted by Crippen LogP contribution is -2.46. The standard InChI is InChI=1S/C25H26ClNO4S/c26-23-14-22(9-6-19(23)12-13-25(27,17-28)15-24(29)30)32-21-10-7-20(8-11-21)31-16-18-4-2-1-3-5-18/h1-11,14,28H,12-13,15-17,27H2,(H,29,30). The fourth-order valence-electron chi connectivity index (χ4n) is 3.18. The number of carboxylic acids is 1. The highest BCUT2D eigenvalue weighted by Gasteiger charge is 2.27. The van der Waals surface area contributed by atoms with Crippen LogP contribution in [0.5, 0.6) is 5.75 Å². The number of carboxylic acid groups (broad SMARTS) is 1. The van der Waals surface area contributed by atoms with E-state index in [2.05, 4.69) is 0 Å². The maximum absolute atomic E-state index is 11.0. The van der Waals surface area contributed by atoms with Crippen LogP contribution in [0.1, 0.15) is 24.0 Å². The van der Waals surface area contributed by atoms with E-state index in [1.54, 1.807) is 11.8 Å². The van der Waals surface area contributed by atoms with Crippen molar-refractivity contribution >= 4 is 29.3 Å². The Kier molecular flexibility index (Phi) is 8.59. The molecule has 0 aliphatic carbocycles. The van der Waals surface area contributed by atoms with Crippen molar-refractivity contribution in [2.45, 2.75) is 41.2 Å². The number of aliphatic hydroxyl groups is 1. The highest BCUT2D eigenvalue weighted by Crippen LogP contribution is 2.32. The molecule has 32 heavy (non-hydrogen) atoms. The van der Waals surface area contributed by atoms with Gasteiger partial charge in [0, 0.05) is 20.4 Å². The van der Waals surface area contributed by atoms with Gasteiger partial charge in [0.05, 0.1) is 13.0 Å². The van der Waals surface area contributed by atoms with Crippen LogP contribution in [0.15, 0.2) is 82.6 Å². The van der Waals surface area contributed by atoms with Crippen molar-refractivity contribution in [3.05, 3.63) is 88.9 Å². The number of nitrogens with two attached hydrogens (primary N) is 1. The summed E-state index contributed by atoms with van der Waals surface area (Å²) in [6.45, 7) is 0.132. The van der Waals surface area contributed by atoms with Crippen LogP contribution in [0.3, 0.4) is 0 Å². The number of aliphatic hydroxyl groups excluding tert-OH is 1. The molecule has 0 fully saturated rings. The van der Waals surface area contributed by atoms with E-state index in [0.717, 1.165) is 26.7 Å². The number of halogens is 1. The highest BCUT2D eigenvalue weighted by atomic mass is 35.5. The number of hydrogen-bond acceptors (Lipinski definition) is 5. The van der Waals surface area contributed by atoms with Crippen LogP contribution < -0.4 is 10.5 Å². The molecule has 0 aromatic heterocycles. The number of carbonyl (C=O) groups is 1. The second-order valence-electron chi connectivity index (χ2n) is 7.69. The van der Waals surface area contributed by atoms with E-state index in [1.165, 1.54) is 0 Å². The average Bonchev–Trinajstić information content (AvgIpc) is 2.78. The molecular weight excluding hydrogens is 446 g/mol. The Hall–Kier alpha value is -2.51. The van der Waals surface area contributed by atoms with E-state index < -0.39 is 18.1 Å². The Bertz CT molecular complexity index is 1030. The first-order valence-corrected chi connectivity index (χ1v) is 11.4. The van der Waals surface area contributed by atoms with E-state index in [9.17, 15) is 9.90 Å². The molecule has 3 aromatic rings. The number of rotatable bonds is 11. The van der Waals surface area contributed by atoms with Gasteiger partial charge in [-0.1, -0.05) is 59.8 Å². The van der Waals surface area contributed by atoms with E-state index in [0.29, 0.717) is 24.5 Å². The summed E-state index contributed by atoms with van der Waals surface area (Å²) in [5.41, 5.74) is 6.84. The molecule has 3 aromatic carbocycles. The van der Waals surface area contributed by atoms with Gasteiger partial charge in [0.1, 0.15) is 12.4 Å². The Morgan fingerprint density at radius 2 is 1.72 bits per heavy atom. The van der Waals surface area contributed by atoms with Crippen molar-refractivity contribution < 1.29 is 19.7 Å². The molecule has 0 saturated heterocycles. The zero-order valence-electron chi connectivity index (χ0n) is 17.5. The number of aryl methyl sites for hydroxylation is 1. The summed E-state index contributed by atoms with van der Waals surface area (Å²) in [5, 5.41) is 19.0. The Morgan fingerprint density at radius 1 is 1.03 bits per heavy atom. The molecular formula is C25H26ClNO4S. The molecule has 0 radical (unpaired) electrons. The first-order valence-electron chi connectivity index (χ1n) is 10.2. The monoisotopic (exact) mass is 471 g/mol. The fraction of sp³-hybridized carbons (Fsp3) is 0.240. The molecule has 1 unspecified atom stereocenters. The molecule has 3 rings (SSSR count). The first-order chi connectivity index (χ1) is 15.4. The number of benzene rings is 3. The SMILES string of the molecule is NC(CO)(CCc1ccc(Sc2ccc(OCc3ccccc3)cc2)cc1Cl)CC(=O)O. The molecule has 168 valence electrons. The summed E-state index contributed by atoms with van der Waals surface area (Å²) in [6, 6.07) is 23.7. The Morgan fingerprint density at radius 3 is 2.34 bits per heavy atom. The normalized spacial score (nSPS) is 12.8. The lowest BCUT2D eigenvalue weighted by molar-refractivity contribution is -0.138. The minimum Gasteiger partial charge on any atom is -0.489 e. The van der Waals surface area contributed by atoms with Crippen LogP contribution >= 0.6 is 23.4 Å². The zero-order chi connectivity index (χ0) is 23.0. The second kappa shape index (κ2) is 11.4. The number of aliphatic carboxylic acids is 1. The molecule has 4 N–H and O–H groups in total. The summed E-state index contributed by atoms with van der Waals surface area (Å²) < 4.78 is 5.82. The van der Waals surface area contributed by atoms with E-state index in [-0.39, 0.29) is 6.42 Å². The number of ether oxygens (including phenoxy) is 1. The summed E-state index contributed by atoms with van der Waals surface area (Å²) in [5.74, 6) is -0.224. The molecule has 0 spiro atoms. The summed E-state index contributed by atoms with van der Waals surface area (Å²) in [7, 11) is 0. The fourth-order valence-corrected chi connectivity index (χ4v) is 4.38. The molecule has 0 bridgehead atoms. The Labute approximate surface area is 197 Å². The van der Waals surface area contributed by atoms with Crippen molar-refractivity contribution in [1.82, 2.24) is 0 Å². The van der Waals surface area contributed by atoms with Gasteiger partial charge in [-0.05, 0) is 60.4 Å². The van der Waals surface area contributed by atoms with Gasteiger partial charge in [-0.15, -0.1) is 0 Å². The molecule has 0 heterocycles. The second-order valence-corrected chi connectivity index (χ2v) is 9.25. The van der Waals surface area contributed by atoms with Gasteiger partial charge >= 0.3 is 5.97 Å². The lowest BCUT2D eigenvalue weighted by Gasteiger charge is -2.25. The third-order valence-corrected chi connectivity index (χ3v) is 6.39. The largest absolute Gasteiger partial charge is 0.489 e. The zero-order valence-corrected chi connectivity index (χ0v) is 19.1. The smallest absolute Gasteiger partial charge is 0.305 e. The lowest BCUT2D eigenvalue weighted by atomic mass is 9.90. The van der Waals surface area contributed by atoms with E-state index in [1.807, 2.05) is 72.8 Å². The van der Waals surface area contributed by atoms with Crippen LogP contribution in [-0.4, -0.2) is 28.3 Å². The molecule has 7 heteroatoms. The van der Waals surface area contributed by atoms with Crippen molar-refractivity contribution in [1.29, 1.82) is 0 Å². The molecule has 0 amide bonds. The van der Waals surface area contributed by atoms with Crippen LogP contribution in [0.2, 0.25) is 5.02 Å². The van der Waals surface area contributed by atoms with Gasteiger partial charge < -0.3 is 20.7 Å². The van der Waals surface area contributed by atoms with E-state index in [4.69, 9.17) is 27.2 Å². The molecule has 0 saturated carbocycles. The topological polar surface area (TPSA) is 92.8 Å². The van der Waals surface area contributed by atoms with Crippen molar-refractivity contribution in [3.63, 3.8) is 0 Å².